The summed E-state index contributed by atoms with van der Waals surface area (Å²) in [6.07, 6.45) is 3.24. The van der Waals surface area contributed by atoms with Crippen LogP contribution in [0.3, 0.4) is 0 Å². The number of hydrogen-bond donors (Lipinski definition) is 0. The van der Waals surface area contributed by atoms with Gasteiger partial charge in [0, 0.05) is 14.6 Å². The molecule has 0 spiro atoms. The Labute approximate surface area is 59.3 Å². The van der Waals surface area contributed by atoms with Crippen LogP contribution in [0.15, 0.2) is 0 Å². The van der Waals surface area contributed by atoms with Gasteiger partial charge in [-0.2, -0.15) is 0 Å². The average Bonchev–Trinajstić information content (AvgIpc) is 1.95. The van der Waals surface area contributed by atoms with E-state index in [0.717, 1.165) is 19.3 Å². The molecule has 0 radical (unpaired) electrons. The monoisotopic (exact) mass is 128 g/mol. The normalized spacial score (nSPS) is 40.4. The van der Waals surface area contributed by atoms with Crippen LogP contribution in [0.1, 0.15) is 42.2 Å². The first-order valence-electron chi connectivity index (χ1n) is 4.60. The van der Waals surface area contributed by atoms with Gasteiger partial charge in [-0.15, -0.1) is 0 Å². The Morgan fingerprint density at radius 3 is 2.89 bits per heavy atom. The lowest BCUT2D eigenvalue weighted by Crippen LogP contribution is -2.27. The highest BCUT2D eigenvalue weighted by molar-refractivity contribution is 5.84. The lowest BCUT2D eigenvalue weighted by Gasteiger charge is -2.27. The molecule has 0 aromatic carbocycles. The molecule has 1 aliphatic rings. The largest absolute Gasteiger partial charge is 0.299 e. The van der Waals surface area contributed by atoms with E-state index in [1.165, 1.54) is 0 Å². The molecule has 1 atom stereocenters. The van der Waals surface area contributed by atoms with Crippen molar-refractivity contribution in [3.8, 4) is 0 Å². The van der Waals surface area contributed by atoms with Crippen molar-refractivity contribution in [3.05, 3.63) is 0 Å². The fourth-order valence-electron chi connectivity index (χ4n) is 1.20. The maximum Gasteiger partial charge on any atom is 0.138 e. The summed E-state index contributed by atoms with van der Waals surface area (Å²) in [5.74, 6) is 0.110. The summed E-state index contributed by atoms with van der Waals surface area (Å²) in [5.41, 5.74) is -0.668. The highest BCUT2D eigenvalue weighted by Crippen LogP contribution is 2.31. The third kappa shape index (κ3) is 1.32. The average molecular weight is 128 g/mol. The van der Waals surface area contributed by atoms with Gasteiger partial charge in [-0.25, -0.2) is 0 Å². The summed E-state index contributed by atoms with van der Waals surface area (Å²) in [4.78, 5) is 11.3. The molecule has 1 saturated carbocycles. The highest BCUT2D eigenvalue weighted by Gasteiger charge is 2.29. The zero-order valence-corrected chi connectivity index (χ0v) is 5.81. The summed E-state index contributed by atoms with van der Waals surface area (Å²) in [7, 11) is 0. The van der Waals surface area contributed by atoms with Gasteiger partial charge in [-0.05, 0) is 12.8 Å². The quantitative estimate of drug-likeness (QED) is 0.488. The van der Waals surface area contributed by atoms with Gasteiger partial charge in [0.15, 0.2) is 0 Å². The van der Waals surface area contributed by atoms with Crippen LogP contribution < -0.4 is 0 Å². The van der Waals surface area contributed by atoms with Gasteiger partial charge in [-0.3, -0.25) is 4.79 Å². The molecular weight excluding hydrogens is 112 g/mol. The Balaban J connectivity index is 2.73. The first-order chi connectivity index (χ1) is 5.07. The summed E-state index contributed by atoms with van der Waals surface area (Å²) < 4.78 is 14.5. The second-order valence-electron chi connectivity index (χ2n) is 3.05. The molecule has 0 heterocycles. The molecule has 52 valence electrons. The molecule has 0 bridgehead atoms. The molecule has 0 saturated heterocycles. The van der Waals surface area contributed by atoms with Gasteiger partial charge < -0.3 is 0 Å². The predicted octanol–water partition coefficient (Wildman–Crippen LogP) is 2.16. The van der Waals surface area contributed by atoms with Crippen LogP contribution >= 0.6 is 0 Å². The first kappa shape index (κ1) is 4.48. The Morgan fingerprint density at radius 2 is 2.44 bits per heavy atom. The van der Waals surface area contributed by atoms with Gasteiger partial charge in [0.25, 0.3) is 0 Å². The van der Waals surface area contributed by atoms with Crippen LogP contribution in [0, 0.1) is 5.41 Å². The number of ketones is 1. The summed E-state index contributed by atoms with van der Waals surface area (Å²) in [6.45, 7) is 0.759. The van der Waals surface area contributed by atoms with E-state index in [4.69, 9.17) is 2.74 Å². The standard InChI is InChI=1S/C8H14O/c1-8(2)6-4-3-5-7(8)9/h3-6H2,1-2H3/i1D2/t8-/m0/s1. The maximum absolute atomic E-state index is 11.3. The molecule has 1 heteroatoms. The van der Waals surface area contributed by atoms with E-state index < -0.39 is 12.3 Å². The topological polar surface area (TPSA) is 17.1 Å². The van der Waals surface area contributed by atoms with Gasteiger partial charge in [0.2, 0.25) is 0 Å². The number of Topliss-reactive ketones (excluding diaryl/α,β-unsaturated/α-hetero) is 1. The van der Waals surface area contributed by atoms with Crippen molar-refractivity contribution in [1.82, 2.24) is 0 Å². The van der Waals surface area contributed by atoms with Crippen molar-refractivity contribution in [2.75, 3.05) is 0 Å². The van der Waals surface area contributed by atoms with Gasteiger partial charge in [0.1, 0.15) is 5.78 Å². The van der Waals surface area contributed by atoms with Crippen molar-refractivity contribution in [3.63, 3.8) is 0 Å². The third-order valence-corrected chi connectivity index (χ3v) is 1.99. The molecule has 0 aromatic rings. The second-order valence-corrected chi connectivity index (χ2v) is 3.05. The molecule has 1 fully saturated rings. The van der Waals surface area contributed by atoms with E-state index in [2.05, 4.69) is 0 Å². The van der Waals surface area contributed by atoms with Gasteiger partial charge in [-0.1, -0.05) is 20.2 Å². The van der Waals surface area contributed by atoms with E-state index in [1.54, 1.807) is 6.92 Å². The molecule has 9 heavy (non-hydrogen) atoms. The fourth-order valence-corrected chi connectivity index (χ4v) is 1.20. The first-order valence-corrected chi connectivity index (χ1v) is 3.45. The van der Waals surface area contributed by atoms with Crippen LogP contribution in [0.4, 0.5) is 0 Å². The van der Waals surface area contributed by atoms with Crippen molar-refractivity contribution in [2.45, 2.75) is 39.5 Å². The van der Waals surface area contributed by atoms with Crippen LogP contribution in [0.2, 0.25) is 0 Å². The SMILES string of the molecule is [2H]C([2H])[C@]1(C)CCCCC1=O. The molecule has 0 N–H and O–H groups in total. The van der Waals surface area contributed by atoms with E-state index in [0.29, 0.717) is 6.42 Å². The van der Waals surface area contributed by atoms with Crippen LogP contribution in [-0.4, -0.2) is 5.78 Å². The van der Waals surface area contributed by atoms with E-state index in [-0.39, 0.29) is 5.78 Å². The van der Waals surface area contributed by atoms with E-state index in [9.17, 15) is 4.79 Å². The number of hydrogen-bond acceptors (Lipinski definition) is 1. The third-order valence-electron chi connectivity index (χ3n) is 1.99. The Morgan fingerprint density at radius 1 is 1.67 bits per heavy atom. The molecule has 0 aliphatic heterocycles. The minimum absolute atomic E-state index is 0.110. The molecular formula is C8H14O. The van der Waals surface area contributed by atoms with Gasteiger partial charge >= 0.3 is 0 Å². The van der Waals surface area contributed by atoms with E-state index in [1.807, 2.05) is 0 Å². The Hall–Kier alpha value is -0.330. The van der Waals surface area contributed by atoms with Crippen LogP contribution in [0.5, 0.6) is 0 Å². The highest BCUT2D eigenvalue weighted by atomic mass is 16.1. The number of carbonyl (C=O) groups excluding carboxylic acids is 1. The van der Waals surface area contributed by atoms with Gasteiger partial charge in [0.05, 0.1) is 0 Å². The van der Waals surface area contributed by atoms with Crippen molar-refractivity contribution in [2.24, 2.45) is 5.41 Å². The lowest BCUT2D eigenvalue weighted by molar-refractivity contribution is -0.129. The summed E-state index contributed by atoms with van der Waals surface area (Å²) in [6, 6.07) is 0. The minimum atomic E-state index is -0.990. The molecule has 1 aliphatic carbocycles. The fraction of sp³-hybridized carbons (Fsp3) is 0.875. The Bertz CT molecular complexity index is 167. The molecule has 0 amide bonds. The minimum Gasteiger partial charge on any atom is -0.299 e. The zero-order valence-electron chi connectivity index (χ0n) is 7.81. The van der Waals surface area contributed by atoms with Crippen LogP contribution in [0.25, 0.3) is 0 Å². The Kier molecular flexibility index (Phi) is 1.06. The lowest BCUT2D eigenvalue weighted by atomic mass is 9.76. The predicted molar refractivity (Wildman–Crippen MR) is 37.3 cm³/mol. The number of rotatable bonds is 0. The second kappa shape index (κ2) is 2.13. The van der Waals surface area contributed by atoms with Crippen molar-refractivity contribution >= 4 is 5.78 Å². The maximum atomic E-state index is 11.3. The van der Waals surface area contributed by atoms with E-state index >= 15 is 0 Å². The summed E-state index contributed by atoms with van der Waals surface area (Å²) in [5, 5.41) is 0. The molecule has 1 rings (SSSR count). The zero-order chi connectivity index (χ0) is 8.48. The molecule has 0 unspecified atom stereocenters. The van der Waals surface area contributed by atoms with Crippen LogP contribution in [-0.2, 0) is 4.79 Å². The smallest absolute Gasteiger partial charge is 0.138 e. The number of carbonyl (C=O) groups is 1. The van der Waals surface area contributed by atoms with Crippen molar-refractivity contribution in [1.29, 1.82) is 0 Å². The summed E-state index contributed by atoms with van der Waals surface area (Å²) >= 11 is 0. The van der Waals surface area contributed by atoms with Crippen molar-refractivity contribution < 1.29 is 7.54 Å². The molecule has 1 nitrogen and oxygen atoms in total. The molecule has 0 aromatic heterocycles.